The summed E-state index contributed by atoms with van der Waals surface area (Å²) in [4.78, 5) is 24.7. The number of thiazole rings is 1. The molecule has 1 N–H and O–H groups in total. The molecule has 0 unspecified atom stereocenters. The lowest BCUT2D eigenvalue weighted by Gasteiger charge is -2.25. The summed E-state index contributed by atoms with van der Waals surface area (Å²) in [5.74, 6) is 0.402. The van der Waals surface area contributed by atoms with Crippen LogP contribution in [-0.2, 0) is 6.54 Å². The Morgan fingerprint density at radius 2 is 2.04 bits per heavy atom. The lowest BCUT2D eigenvalue weighted by atomic mass is 10.1. The van der Waals surface area contributed by atoms with Crippen LogP contribution in [0.2, 0.25) is 5.15 Å². The van der Waals surface area contributed by atoms with Gasteiger partial charge in [-0.2, -0.15) is 5.10 Å². The average Bonchev–Trinajstić information content (AvgIpc) is 3.10. The lowest BCUT2D eigenvalue weighted by Crippen LogP contribution is -2.29. The average molecular weight is 417 g/mol. The molecule has 4 rings (SSSR count). The summed E-state index contributed by atoms with van der Waals surface area (Å²) >= 11 is 7.81. The minimum Gasteiger partial charge on any atom is -0.348 e. The zero-order valence-corrected chi connectivity index (χ0v) is 17.1. The highest BCUT2D eigenvalue weighted by Crippen LogP contribution is 2.30. The fraction of sp³-hybridized carbons (Fsp3) is 0.368. The van der Waals surface area contributed by atoms with E-state index < -0.39 is 0 Å². The van der Waals surface area contributed by atoms with Gasteiger partial charge in [-0.25, -0.2) is 15.4 Å². The van der Waals surface area contributed by atoms with E-state index in [2.05, 4.69) is 25.4 Å². The molecule has 0 saturated carbocycles. The highest BCUT2D eigenvalue weighted by Gasteiger charge is 2.17. The molecule has 0 bridgehead atoms. The van der Waals surface area contributed by atoms with Gasteiger partial charge in [0.25, 0.3) is 5.56 Å². The highest BCUT2D eigenvalue weighted by molar-refractivity contribution is 7.17. The Labute approximate surface area is 171 Å². The zero-order chi connectivity index (χ0) is 19.5. The summed E-state index contributed by atoms with van der Waals surface area (Å²) in [6.07, 6.45) is 5.27. The Morgan fingerprint density at radius 3 is 2.82 bits per heavy atom. The number of hydrogen-bond donors (Lipinski definition) is 1. The molecule has 0 aliphatic carbocycles. The first-order valence-electron chi connectivity index (χ1n) is 9.37. The van der Waals surface area contributed by atoms with E-state index in [1.54, 1.807) is 16.8 Å². The van der Waals surface area contributed by atoms with Crippen LogP contribution in [0, 0.1) is 0 Å². The molecule has 146 valence electrons. The van der Waals surface area contributed by atoms with E-state index in [1.807, 2.05) is 25.1 Å². The molecule has 0 amide bonds. The Morgan fingerprint density at radius 1 is 1.25 bits per heavy atom. The fourth-order valence-corrected chi connectivity index (χ4v) is 4.47. The summed E-state index contributed by atoms with van der Waals surface area (Å²) in [5, 5.41) is 6.22. The highest BCUT2D eigenvalue weighted by atomic mass is 35.5. The zero-order valence-electron chi connectivity index (χ0n) is 15.6. The Balaban J connectivity index is 1.57. The second-order valence-corrected chi connectivity index (χ2v) is 7.94. The smallest absolute Gasteiger partial charge is 0.262 e. The lowest BCUT2D eigenvalue weighted by molar-refractivity contribution is 0.577. The predicted molar refractivity (Wildman–Crippen MR) is 116 cm³/mol. The van der Waals surface area contributed by atoms with E-state index in [-0.39, 0.29) is 5.56 Å². The third kappa shape index (κ3) is 3.74. The molecule has 3 heterocycles. The van der Waals surface area contributed by atoms with Gasteiger partial charge in [-0.15, -0.1) is 0 Å². The van der Waals surface area contributed by atoms with Crippen molar-refractivity contribution in [2.75, 3.05) is 23.4 Å². The van der Waals surface area contributed by atoms with Gasteiger partial charge in [0.05, 0.1) is 22.0 Å². The first-order chi connectivity index (χ1) is 13.7. The van der Waals surface area contributed by atoms with E-state index in [0.29, 0.717) is 28.5 Å². The monoisotopic (exact) mass is 416 g/mol. The number of nitrogens with zero attached hydrogens (tertiary/aromatic N) is 5. The largest absolute Gasteiger partial charge is 0.348 e. The SMILES string of the molecule is CCn1c(N/N=C\c2sc(N3CCCCC3)nc2Cl)nc2ccccc2c1=O. The maximum atomic E-state index is 12.6. The summed E-state index contributed by atoms with van der Waals surface area (Å²) in [7, 11) is 0. The Bertz CT molecular complexity index is 1070. The van der Waals surface area contributed by atoms with E-state index in [0.717, 1.165) is 23.1 Å². The molecule has 1 aromatic carbocycles. The number of aromatic nitrogens is 3. The van der Waals surface area contributed by atoms with Crippen molar-refractivity contribution < 1.29 is 0 Å². The van der Waals surface area contributed by atoms with Crippen molar-refractivity contribution >= 4 is 51.1 Å². The quantitative estimate of drug-likeness (QED) is 0.503. The van der Waals surface area contributed by atoms with Gasteiger partial charge >= 0.3 is 0 Å². The van der Waals surface area contributed by atoms with Gasteiger partial charge in [0.1, 0.15) is 0 Å². The minimum absolute atomic E-state index is 0.0889. The first kappa shape index (κ1) is 18.9. The van der Waals surface area contributed by atoms with Gasteiger partial charge in [-0.1, -0.05) is 35.1 Å². The number of nitrogens with one attached hydrogen (secondary N) is 1. The normalized spacial score (nSPS) is 14.9. The van der Waals surface area contributed by atoms with Crippen molar-refractivity contribution in [2.24, 2.45) is 5.10 Å². The van der Waals surface area contributed by atoms with Crippen LogP contribution in [0.1, 0.15) is 31.1 Å². The second-order valence-electron chi connectivity index (χ2n) is 6.57. The molecule has 1 aliphatic rings. The van der Waals surface area contributed by atoms with Crippen molar-refractivity contribution in [3.63, 3.8) is 0 Å². The number of piperidine rings is 1. The maximum absolute atomic E-state index is 12.6. The van der Waals surface area contributed by atoms with Crippen molar-refractivity contribution in [3.05, 3.63) is 44.6 Å². The minimum atomic E-state index is -0.0889. The molecular weight excluding hydrogens is 396 g/mol. The van der Waals surface area contributed by atoms with Crippen LogP contribution in [0.5, 0.6) is 0 Å². The van der Waals surface area contributed by atoms with E-state index in [4.69, 9.17) is 11.6 Å². The molecular formula is C19H21ClN6OS. The standard InChI is InChI=1S/C19H21ClN6OS/c1-2-26-17(27)13-8-4-5-9-14(13)22-18(26)24-21-12-15-16(20)23-19(28-15)25-10-6-3-7-11-25/h4-5,8-9,12H,2-3,6-7,10-11H2,1H3,(H,22,24)/b21-12-. The van der Waals surface area contributed by atoms with Crippen molar-refractivity contribution in [1.82, 2.24) is 14.5 Å². The van der Waals surface area contributed by atoms with Crippen LogP contribution in [-0.4, -0.2) is 33.8 Å². The number of hydrogen-bond acceptors (Lipinski definition) is 7. The van der Waals surface area contributed by atoms with Crippen LogP contribution in [0.15, 0.2) is 34.2 Å². The van der Waals surface area contributed by atoms with Gasteiger partial charge in [0, 0.05) is 19.6 Å². The number of fused-ring (bicyclic) bond motifs is 1. The molecule has 0 spiro atoms. The number of rotatable bonds is 5. The Hall–Kier alpha value is -2.45. The van der Waals surface area contributed by atoms with E-state index in [9.17, 15) is 4.79 Å². The van der Waals surface area contributed by atoms with E-state index in [1.165, 1.54) is 30.6 Å². The number of benzene rings is 1. The van der Waals surface area contributed by atoms with Crippen molar-refractivity contribution in [3.8, 4) is 0 Å². The molecule has 1 saturated heterocycles. The molecule has 0 radical (unpaired) electrons. The predicted octanol–water partition coefficient (Wildman–Crippen LogP) is 3.96. The number of anilines is 2. The molecule has 2 aromatic heterocycles. The molecule has 1 aliphatic heterocycles. The maximum Gasteiger partial charge on any atom is 0.262 e. The second kappa shape index (κ2) is 8.28. The molecule has 1 fully saturated rings. The Kier molecular flexibility index (Phi) is 5.59. The van der Waals surface area contributed by atoms with Gasteiger partial charge in [0.2, 0.25) is 5.95 Å². The van der Waals surface area contributed by atoms with Crippen LogP contribution in [0.25, 0.3) is 10.9 Å². The summed E-state index contributed by atoms with van der Waals surface area (Å²) in [5.41, 5.74) is 3.44. The van der Waals surface area contributed by atoms with Crippen molar-refractivity contribution in [1.29, 1.82) is 0 Å². The van der Waals surface area contributed by atoms with Gasteiger partial charge in [-0.05, 0) is 38.3 Å². The number of hydrazone groups is 1. The molecule has 0 atom stereocenters. The molecule has 3 aromatic rings. The molecule has 28 heavy (non-hydrogen) atoms. The van der Waals surface area contributed by atoms with Crippen LogP contribution in [0.3, 0.4) is 0 Å². The molecule has 9 heteroatoms. The van der Waals surface area contributed by atoms with Crippen molar-refractivity contribution in [2.45, 2.75) is 32.7 Å². The summed E-state index contributed by atoms with van der Waals surface area (Å²) in [6.45, 7) is 4.43. The topological polar surface area (TPSA) is 75.4 Å². The van der Waals surface area contributed by atoms with Gasteiger partial charge in [0.15, 0.2) is 10.3 Å². The van der Waals surface area contributed by atoms with Crippen LogP contribution in [0.4, 0.5) is 11.1 Å². The van der Waals surface area contributed by atoms with Gasteiger partial charge < -0.3 is 4.90 Å². The van der Waals surface area contributed by atoms with Gasteiger partial charge in [-0.3, -0.25) is 9.36 Å². The first-order valence-corrected chi connectivity index (χ1v) is 10.6. The fourth-order valence-electron chi connectivity index (χ4n) is 3.30. The molecule has 7 nitrogen and oxygen atoms in total. The third-order valence-electron chi connectivity index (χ3n) is 4.75. The number of para-hydroxylation sites is 1. The van der Waals surface area contributed by atoms with Crippen LogP contribution >= 0.6 is 22.9 Å². The summed E-state index contributed by atoms with van der Waals surface area (Å²) < 4.78 is 1.56. The van der Waals surface area contributed by atoms with E-state index >= 15 is 0 Å². The van der Waals surface area contributed by atoms with Crippen LogP contribution < -0.4 is 15.9 Å². The number of halogens is 1. The third-order valence-corrected chi connectivity index (χ3v) is 6.20. The summed E-state index contributed by atoms with van der Waals surface area (Å²) in [6, 6.07) is 7.29.